The van der Waals surface area contributed by atoms with Gasteiger partial charge in [-0.2, -0.15) is 0 Å². The van der Waals surface area contributed by atoms with Crippen LogP contribution in [0.1, 0.15) is 72.6 Å². The second kappa shape index (κ2) is 9.08. The molecule has 0 saturated heterocycles. The van der Waals surface area contributed by atoms with Gasteiger partial charge in [0, 0.05) is 0 Å². The minimum atomic E-state index is -5.34. The molecule has 0 radical (unpaired) electrons. The lowest BCUT2D eigenvalue weighted by Gasteiger charge is -2.58. The van der Waals surface area contributed by atoms with Crippen LogP contribution in [0.3, 0.4) is 0 Å². The highest BCUT2D eigenvalue weighted by molar-refractivity contribution is 7.60. The molecular formula is C20H35O7P2-. The molecule has 2 N–H and O–H groups in total. The number of hydrogen-bond donors (Lipinski definition) is 2. The maximum atomic E-state index is 11.5. The van der Waals surface area contributed by atoms with E-state index in [1.807, 2.05) is 6.92 Å². The highest BCUT2D eigenvalue weighted by Gasteiger charge is 2.52. The molecule has 0 heterocycles. The quantitative estimate of drug-likeness (QED) is 0.391. The molecule has 29 heavy (non-hydrogen) atoms. The Bertz CT molecular complexity index is 739. The molecule has 0 aromatic heterocycles. The zero-order chi connectivity index (χ0) is 22.1. The van der Waals surface area contributed by atoms with Gasteiger partial charge in [-0.1, -0.05) is 51.0 Å². The van der Waals surface area contributed by atoms with Crippen LogP contribution in [0.15, 0.2) is 23.8 Å². The van der Waals surface area contributed by atoms with E-state index in [4.69, 9.17) is 4.89 Å². The fourth-order valence-electron chi connectivity index (χ4n) is 5.71. The predicted molar refractivity (Wildman–Crippen MR) is 111 cm³/mol. The van der Waals surface area contributed by atoms with Gasteiger partial charge in [0.05, 0.1) is 6.61 Å². The SMILES string of the molecule is C=C1CC[C@H]2C(C)(C)CCC[C@]2(C)[C@@H]1CC/C(C)=C/COP(=O)(O)OP(=O)([O-])O. The van der Waals surface area contributed by atoms with Crippen LogP contribution in [-0.2, 0) is 18.0 Å². The maximum absolute atomic E-state index is 11.5. The molecule has 2 aliphatic carbocycles. The zero-order valence-electron chi connectivity index (χ0n) is 17.9. The van der Waals surface area contributed by atoms with Crippen molar-refractivity contribution >= 4 is 15.6 Å². The van der Waals surface area contributed by atoms with Crippen LogP contribution >= 0.6 is 15.6 Å². The van der Waals surface area contributed by atoms with Gasteiger partial charge in [0.25, 0.3) is 7.82 Å². The predicted octanol–water partition coefficient (Wildman–Crippen LogP) is 5.11. The van der Waals surface area contributed by atoms with Crippen LogP contribution in [-0.4, -0.2) is 16.4 Å². The van der Waals surface area contributed by atoms with Crippen LogP contribution in [0.25, 0.3) is 0 Å². The average Bonchev–Trinajstić information content (AvgIpc) is 2.50. The van der Waals surface area contributed by atoms with Crippen molar-refractivity contribution in [2.75, 3.05) is 6.61 Å². The Balaban J connectivity index is 1.97. The van der Waals surface area contributed by atoms with Crippen LogP contribution in [0.4, 0.5) is 0 Å². The third-order valence-corrected chi connectivity index (χ3v) is 9.15. The number of allylic oxidation sites excluding steroid dienone is 2. The van der Waals surface area contributed by atoms with Crippen molar-refractivity contribution in [3.8, 4) is 0 Å². The van der Waals surface area contributed by atoms with Gasteiger partial charge >= 0.3 is 7.82 Å². The van der Waals surface area contributed by atoms with Gasteiger partial charge in [-0.25, -0.2) is 8.88 Å². The first kappa shape index (κ1) is 25.0. The molecule has 7 nitrogen and oxygen atoms in total. The molecule has 2 aliphatic rings. The molecule has 0 bridgehead atoms. The lowest BCUT2D eigenvalue weighted by molar-refractivity contribution is -0.212. The molecule has 0 spiro atoms. The number of rotatable bonds is 8. The summed E-state index contributed by atoms with van der Waals surface area (Å²) in [5.74, 6) is 1.13. The van der Waals surface area contributed by atoms with Crippen molar-refractivity contribution in [3.63, 3.8) is 0 Å². The van der Waals surface area contributed by atoms with E-state index in [0.717, 1.165) is 24.8 Å². The first-order chi connectivity index (χ1) is 13.2. The van der Waals surface area contributed by atoms with E-state index in [1.54, 1.807) is 6.08 Å². The van der Waals surface area contributed by atoms with Crippen molar-refractivity contribution in [3.05, 3.63) is 23.8 Å². The standard InChI is InChI=1S/C20H36O7P2/c1-15(11-14-26-29(24,25)27-28(21,22)23)7-9-17-16(2)8-10-18-19(3,4)12-6-13-20(17,18)5/h11,17-18H,2,6-10,12-14H2,1,3-5H3,(H,24,25)(H2,21,22,23)/p-1/b15-11+/t17-,18+,20-/m1/s1. The summed E-state index contributed by atoms with van der Waals surface area (Å²) in [6.07, 6.45) is 9.41. The van der Waals surface area contributed by atoms with Gasteiger partial charge in [-0.05, 0) is 68.1 Å². The van der Waals surface area contributed by atoms with E-state index in [1.165, 1.54) is 31.3 Å². The molecule has 5 atom stereocenters. The summed E-state index contributed by atoms with van der Waals surface area (Å²) in [4.78, 5) is 28.4. The molecule has 0 aliphatic heterocycles. The van der Waals surface area contributed by atoms with Gasteiger partial charge in [0.2, 0.25) is 0 Å². The minimum absolute atomic E-state index is 0.249. The summed E-state index contributed by atoms with van der Waals surface area (Å²) >= 11 is 0. The molecule has 2 unspecified atom stereocenters. The highest BCUT2D eigenvalue weighted by Crippen LogP contribution is 2.61. The zero-order valence-corrected chi connectivity index (χ0v) is 19.7. The topological polar surface area (TPSA) is 116 Å². The first-order valence-electron chi connectivity index (χ1n) is 10.2. The molecule has 0 amide bonds. The number of fused-ring (bicyclic) bond motifs is 1. The summed E-state index contributed by atoms with van der Waals surface area (Å²) in [6, 6.07) is 0. The molecule has 0 aromatic carbocycles. The molecule has 168 valence electrons. The molecule has 9 heteroatoms. The van der Waals surface area contributed by atoms with Crippen molar-refractivity contribution < 1.29 is 32.6 Å². The van der Waals surface area contributed by atoms with Gasteiger partial charge in [0.1, 0.15) is 0 Å². The summed E-state index contributed by atoms with van der Waals surface area (Å²) in [5.41, 5.74) is 2.90. The normalized spacial score (nSPS) is 34.2. The Labute approximate surface area is 174 Å². The van der Waals surface area contributed by atoms with Crippen LogP contribution in [0.5, 0.6) is 0 Å². The van der Waals surface area contributed by atoms with Gasteiger partial charge in [-0.3, -0.25) is 9.09 Å². The fourth-order valence-corrected chi connectivity index (χ4v) is 7.20. The van der Waals surface area contributed by atoms with Crippen LogP contribution in [0.2, 0.25) is 0 Å². The maximum Gasteiger partial charge on any atom is 0.479 e. The fraction of sp³-hybridized carbons (Fsp3) is 0.800. The first-order valence-corrected chi connectivity index (χ1v) is 13.2. The highest BCUT2D eigenvalue weighted by atomic mass is 31.3. The Morgan fingerprint density at radius 2 is 1.97 bits per heavy atom. The van der Waals surface area contributed by atoms with Crippen LogP contribution < -0.4 is 4.89 Å². The lowest BCUT2D eigenvalue weighted by Crippen LogP contribution is -2.49. The van der Waals surface area contributed by atoms with Gasteiger partial charge in [0.15, 0.2) is 0 Å². The lowest BCUT2D eigenvalue weighted by atomic mass is 9.47. The second-order valence-corrected chi connectivity index (χ2v) is 12.3. The molecule has 2 saturated carbocycles. The van der Waals surface area contributed by atoms with Gasteiger partial charge < -0.3 is 14.7 Å². The van der Waals surface area contributed by atoms with E-state index in [9.17, 15) is 18.9 Å². The summed E-state index contributed by atoms with van der Waals surface area (Å²) in [6.45, 7) is 13.2. The van der Waals surface area contributed by atoms with Crippen LogP contribution in [0, 0.1) is 22.7 Å². The van der Waals surface area contributed by atoms with E-state index < -0.39 is 15.6 Å². The van der Waals surface area contributed by atoms with E-state index >= 15 is 0 Å². The van der Waals surface area contributed by atoms with Crippen molar-refractivity contribution in [2.45, 2.75) is 72.6 Å². The van der Waals surface area contributed by atoms with E-state index in [0.29, 0.717) is 17.3 Å². The van der Waals surface area contributed by atoms with Gasteiger partial charge in [-0.15, -0.1) is 0 Å². The Morgan fingerprint density at radius 3 is 2.59 bits per heavy atom. The average molecular weight is 449 g/mol. The van der Waals surface area contributed by atoms with E-state index in [-0.39, 0.29) is 12.0 Å². The largest absolute Gasteiger partial charge is 0.756 e. The van der Waals surface area contributed by atoms with Crippen molar-refractivity contribution in [1.29, 1.82) is 0 Å². The molecule has 2 rings (SSSR count). The smallest absolute Gasteiger partial charge is 0.479 e. The van der Waals surface area contributed by atoms with Crippen molar-refractivity contribution in [2.24, 2.45) is 22.7 Å². The third-order valence-electron chi connectivity index (χ3n) is 7.02. The van der Waals surface area contributed by atoms with E-state index in [2.05, 4.69) is 36.2 Å². The summed E-state index contributed by atoms with van der Waals surface area (Å²) in [7, 11) is -10.2. The summed E-state index contributed by atoms with van der Waals surface area (Å²) < 4.78 is 30.3. The third kappa shape index (κ3) is 6.61. The number of phosphoric acid groups is 2. The molecule has 0 aromatic rings. The number of hydrogen-bond acceptors (Lipinski definition) is 5. The minimum Gasteiger partial charge on any atom is -0.756 e. The monoisotopic (exact) mass is 449 g/mol. The number of phosphoric ester groups is 1. The Hall–Kier alpha value is -0.260. The Morgan fingerprint density at radius 1 is 1.31 bits per heavy atom. The van der Waals surface area contributed by atoms with Crippen molar-refractivity contribution in [1.82, 2.24) is 0 Å². The second-order valence-electron chi connectivity index (χ2n) is 9.55. The Kier molecular flexibility index (Phi) is 7.83. The summed E-state index contributed by atoms with van der Waals surface area (Å²) in [5, 5.41) is 0. The molecular weight excluding hydrogens is 414 g/mol. The molecule has 2 fully saturated rings.